The number of nitrogens with zero attached hydrogens (tertiary/aromatic N) is 2. The van der Waals surface area contributed by atoms with Gasteiger partial charge in [-0.3, -0.25) is 9.59 Å². The summed E-state index contributed by atoms with van der Waals surface area (Å²) in [5.41, 5.74) is 3.79. The van der Waals surface area contributed by atoms with Crippen LogP contribution in [-0.2, 0) is 12.8 Å². The van der Waals surface area contributed by atoms with Crippen molar-refractivity contribution in [1.29, 1.82) is 0 Å². The third-order valence-corrected chi connectivity index (χ3v) is 6.26. The summed E-state index contributed by atoms with van der Waals surface area (Å²) >= 11 is 0. The van der Waals surface area contributed by atoms with Crippen LogP contribution in [0.3, 0.4) is 0 Å². The topological polar surface area (TPSA) is 53.8 Å². The highest BCUT2D eigenvalue weighted by Gasteiger charge is 2.28. The largest absolute Gasteiger partial charge is 0.451 e. The number of hydrogen-bond acceptors (Lipinski definition) is 3. The van der Waals surface area contributed by atoms with E-state index in [9.17, 15) is 9.59 Å². The van der Waals surface area contributed by atoms with Gasteiger partial charge in [-0.1, -0.05) is 66.7 Å². The molecule has 5 rings (SSSR count). The molecule has 166 valence electrons. The summed E-state index contributed by atoms with van der Waals surface area (Å²) in [7, 11) is 0. The second-order valence-electron chi connectivity index (χ2n) is 8.38. The molecule has 1 aliphatic rings. The molecule has 2 heterocycles. The number of carbonyl (C=O) groups excluding carboxylic acids is 2. The van der Waals surface area contributed by atoms with Crippen molar-refractivity contribution < 1.29 is 14.0 Å². The molecule has 0 saturated carbocycles. The zero-order valence-corrected chi connectivity index (χ0v) is 18.4. The van der Waals surface area contributed by atoms with E-state index in [0.29, 0.717) is 37.5 Å². The lowest BCUT2D eigenvalue weighted by molar-refractivity contribution is 0.0519. The minimum Gasteiger partial charge on any atom is -0.451 e. The van der Waals surface area contributed by atoms with Crippen LogP contribution in [0.25, 0.3) is 11.0 Å². The Bertz CT molecular complexity index is 1240. The van der Waals surface area contributed by atoms with Crippen molar-refractivity contribution in [3.8, 4) is 0 Å². The summed E-state index contributed by atoms with van der Waals surface area (Å²) in [5, 5.41) is 0.918. The van der Waals surface area contributed by atoms with Crippen molar-refractivity contribution in [3.63, 3.8) is 0 Å². The van der Waals surface area contributed by atoms with Crippen LogP contribution in [0, 0.1) is 0 Å². The third kappa shape index (κ3) is 4.53. The fraction of sp³-hybridized carbons (Fsp3) is 0.214. The summed E-state index contributed by atoms with van der Waals surface area (Å²) < 4.78 is 5.73. The minimum atomic E-state index is -0.124. The number of carbonyl (C=O) groups is 2. The van der Waals surface area contributed by atoms with Crippen molar-refractivity contribution in [3.05, 3.63) is 107 Å². The fourth-order valence-electron chi connectivity index (χ4n) is 4.40. The van der Waals surface area contributed by atoms with Crippen molar-refractivity contribution in [1.82, 2.24) is 9.80 Å². The van der Waals surface area contributed by atoms with Crippen LogP contribution in [-0.4, -0.2) is 47.8 Å². The Morgan fingerprint density at radius 2 is 1.33 bits per heavy atom. The Morgan fingerprint density at radius 3 is 2.09 bits per heavy atom. The van der Waals surface area contributed by atoms with Gasteiger partial charge in [0, 0.05) is 37.1 Å². The Kier molecular flexibility index (Phi) is 5.94. The molecule has 1 saturated heterocycles. The van der Waals surface area contributed by atoms with Gasteiger partial charge in [0.2, 0.25) is 0 Å². The lowest BCUT2D eigenvalue weighted by atomic mass is 9.99. The molecule has 0 N–H and O–H groups in total. The number of amides is 2. The molecule has 2 amide bonds. The van der Waals surface area contributed by atoms with E-state index < -0.39 is 0 Å². The van der Waals surface area contributed by atoms with Crippen molar-refractivity contribution in [2.24, 2.45) is 0 Å². The number of rotatable bonds is 5. The molecule has 0 spiro atoms. The molecule has 5 heteroatoms. The molecule has 3 aromatic carbocycles. The maximum atomic E-state index is 13.3. The number of hydrogen-bond donors (Lipinski definition) is 0. The van der Waals surface area contributed by atoms with Crippen LogP contribution < -0.4 is 0 Å². The average molecular weight is 439 g/mol. The molecule has 0 bridgehead atoms. The standard InChI is InChI=1S/C28H26N2O3/c31-27(24-12-6-4-10-22(24)15-14-21-8-2-1-3-9-21)29-16-18-30(19-17-29)28(32)26-20-23-11-5-7-13-25(23)33-26/h1-13,20H,14-19H2. The number of fused-ring (bicyclic) bond motifs is 1. The van der Waals surface area contributed by atoms with Gasteiger partial charge in [-0.15, -0.1) is 0 Å². The lowest BCUT2D eigenvalue weighted by Gasteiger charge is -2.34. The van der Waals surface area contributed by atoms with E-state index in [2.05, 4.69) is 12.1 Å². The molecule has 5 nitrogen and oxygen atoms in total. The Balaban J connectivity index is 1.23. The van der Waals surface area contributed by atoms with E-state index in [4.69, 9.17) is 4.42 Å². The van der Waals surface area contributed by atoms with E-state index >= 15 is 0 Å². The molecule has 0 atom stereocenters. The van der Waals surface area contributed by atoms with E-state index in [1.165, 1.54) is 5.56 Å². The van der Waals surface area contributed by atoms with E-state index in [1.807, 2.05) is 71.6 Å². The first-order valence-corrected chi connectivity index (χ1v) is 11.4. The zero-order chi connectivity index (χ0) is 22.6. The fourth-order valence-corrected chi connectivity index (χ4v) is 4.40. The third-order valence-electron chi connectivity index (χ3n) is 6.26. The molecular formula is C28H26N2O3. The number of benzene rings is 3. The predicted molar refractivity (Wildman–Crippen MR) is 128 cm³/mol. The maximum Gasteiger partial charge on any atom is 0.289 e. The van der Waals surface area contributed by atoms with Crippen molar-refractivity contribution in [2.45, 2.75) is 12.8 Å². The number of para-hydroxylation sites is 1. The quantitative estimate of drug-likeness (QED) is 0.449. The normalized spacial score (nSPS) is 13.9. The van der Waals surface area contributed by atoms with Gasteiger partial charge < -0.3 is 14.2 Å². The van der Waals surface area contributed by atoms with Crippen molar-refractivity contribution in [2.75, 3.05) is 26.2 Å². The van der Waals surface area contributed by atoms with Crippen molar-refractivity contribution >= 4 is 22.8 Å². The number of piperazine rings is 1. The highest BCUT2D eigenvalue weighted by atomic mass is 16.3. The monoisotopic (exact) mass is 438 g/mol. The summed E-state index contributed by atoms with van der Waals surface area (Å²) in [6.07, 6.45) is 1.71. The molecule has 1 aromatic heterocycles. The van der Waals surface area contributed by atoms with Crippen LogP contribution in [0.5, 0.6) is 0 Å². The summed E-state index contributed by atoms with van der Waals surface area (Å²) in [5.74, 6) is 0.262. The van der Waals surface area contributed by atoms with Crippen LogP contribution in [0.4, 0.5) is 0 Å². The van der Waals surface area contributed by atoms with Gasteiger partial charge in [-0.2, -0.15) is 0 Å². The second-order valence-corrected chi connectivity index (χ2v) is 8.38. The lowest BCUT2D eigenvalue weighted by Crippen LogP contribution is -2.50. The van der Waals surface area contributed by atoms with Gasteiger partial charge in [0.05, 0.1) is 0 Å². The van der Waals surface area contributed by atoms with Gasteiger partial charge in [-0.05, 0) is 42.2 Å². The van der Waals surface area contributed by atoms with Gasteiger partial charge in [-0.25, -0.2) is 0 Å². The smallest absolute Gasteiger partial charge is 0.289 e. The van der Waals surface area contributed by atoms with Crippen LogP contribution in [0.15, 0.2) is 89.3 Å². The minimum absolute atomic E-state index is 0.0366. The molecule has 4 aromatic rings. The number of aryl methyl sites for hydroxylation is 2. The first-order chi connectivity index (χ1) is 16.2. The summed E-state index contributed by atoms with van der Waals surface area (Å²) in [6, 6.07) is 27.6. The molecule has 1 aliphatic heterocycles. The molecule has 33 heavy (non-hydrogen) atoms. The molecule has 0 radical (unpaired) electrons. The predicted octanol–water partition coefficient (Wildman–Crippen LogP) is 4.82. The Hall–Kier alpha value is -3.86. The van der Waals surface area contributed by atoms with E-state index in [1.54, 1.807) is 11.0 Å². The number of furan rings is 1. The van der Waals surface area contributed by atoms with Crippen LogP contribution >= 0.6 is 0 Å². The first-order valence-electron chi connectivity index (χ1n) is 11.4. The summed E-state index contributed by atoms with van der Waals surface area (Å²) in [6.45, 7) is 2.01. The highest BCUT2D eigenvalue weighted by Crippen LogP contribution is 2.21. The Morgan fingerprint density at radius 1 is 0.697 bits per heavy atom. The maximum absolute atomic E-state index is 13.3. The molecule has 0 aliphatic carbocycles. The molecular weight excluding hydrogens is 412 g/mol. The SMILES string of the molecule is O=C(c1cc2ccccc2o1)N1CCN(C(=O)c2ccccc2CCc2ccccc2)CC1. The van der Waals surface area contributed by atoms with Crippen LogP contribution in [0.1, 0.15) is 32.0 Å². The Labute approximate surface area is 193 Å². The second kappa shape index (κ2) is 9.33. The first kappa shape index (κ1) is 21.0. The highest BCUT2D eigenvalue weighted by molar-refractivity contribution is 5.97. The van der Waals surface area contributed by atoms with Gasteiger partial charge in [0.15, 0.2) is 5.76 Å². The van der Waals surface area contributed by atoms with Crippen LogP contribution in [0.2, 0.25) is 0 Å². The van der Waals surface area contributed by atoms with E-state index in [-0.39, 0.29) is 11.8 Å². The molecule has 0 unspecified atom stereocenters. The zero-order valence-electron chi connectivity index (χ0n) is 18.4. The average Bonchev–Trinajstić information content (AvgIpc) is 3.32. The summed E-state index contributed by atoms with van der Waals surface area (Å²) in [4.78, 5) is 29.8. The van der Waals surface area contributed by atoms with E-state index in [0.717, 1.165) is 29.4 Å². The molecule has 1 fully saturated rings. The van der Waals surface area contributed by atoms with Gasteiger partial charge in [0.25, 0.3) is 11.8 Å². The van der Waals surface area contributed by atoms with Gasteiger partial charge in [0.1, 0.15) is 5.58 Å². The van der Waals surface area contributed by atoms with Gasteiger partial charge >= 0.3 is 0 Å².